The molecule has 0 amide bonds. The number of ether oxygens (including phenoxy) is 2. The Morgan fingerprint density at radius 1 is 1.50 bits per heavy atom. The third-order valence-corrected chi connectivity index (χ3v) is 3.39. The van der Waals surface area contributed by atoms with Crippen molar-refractivity contribution in [3.63, 3.8) is 0 Å². The fraction of sp³-hybridized carbons (Fsp3) is 0.714. The number of aryl methyl sites for hydroxylation is 2. The molecule has 0 bridgehead atoms. The molecule has 0 unspecified atom stereocenters. The molecule has 1 atom stereocenters. The molecule has 0 saturated carbocycles. The third kappa shape index (κ3) is 3.80. The van der Waals surface area contributed by atoms with E-state index in [1.165, 1.54) is 0 Å². The summed E-state index contributed by atoms with van der Waals surface area (Å²) in [7, 11) is 1.81. The molecular weight excluding hydrogens is 258 g/mol. The highest BCUT2D eigenvalue weighted by atomic mass is 16.5. The first-order valence-corrected chi connectivity index (χ1v) is 7.13. The molecule has 1 saturated heterocycles. The summed E-state index contributed by atoms with van der Waals surface area (Å²) >= 11 is 0. The average molecular weight is 281 g/mol. The van der Waals surface area contributed by atoms with Gasteiger partial charge in [-0.2, -0.15) is 5.10 Å². The molecule has 1 fully saturated rings. The highest BCUT2D eigenvalue weighted by molar-refractivity contribution is 5.90. The van der Waals surface area contributed by atoms with Gasteiger partial charge in [0.2, 0.25) is 0 Å². The van der Waals surface area contributed by atoms with E-state index in [4.69, 9.17) is 9.47 Å². The van der Waals surface area contributed by atoms with Crippen LogP contribution in [0.1, 0.15) is 29.9 Å². The van der Waals surface area contributed by atoms with Crippen LogP contribution in [0.4, 0.5) is 0 Å². The lowest BCUT2D eigenvalue weighted by molar-refractivity contribution is 0.000389. The average Bonchev–Trinajstić information content (AvgIpc) is 2.81. The predicted octanol–water partition coefficient (Wildman–Crippen LogP) is 0.860. The largest absolute Gasteiger partial charge is 0.458 e. The Hall–Kier alpha value is -1.40. The molecule has 0 aromatic carbocycles. The van der Waals surface area contributed by atoms with Gasteiger partial charge in [-0.15, -0.1) is 0 Å². The normalized spacial score (nSPS) is 17.9. The van der Waals surface area contributed by atoms with Crippen molar-refractivity contribution in [3.8, 4) is 0 Å². The quantitative estimate of drug-likeness (QED) is 0.749. The molecule has 1 aliphatic heterocycles. The SMILES string of the molecule is CCc1nn(C)cc1C(=O)O[C@@H](C)CN1CCOCC1. The minimum Gasteiger partial charge on any atom is -0.458 e. The van der Waals surface area contributed by atoms with Crippen LogP contribution in [0.2, 0.25) is 0 Å². The van der Waals surface area contributed by atoms with Gasteiger partial charge in [-0.25, -0.2) is 4.79 Å². The van der Waals surface area contributed by atoms with E-state index in [0.717, 1.165) is 45.0 Å². The minimum absolute atomic E-state index is 0.134. The Morgan fingerprint density at radius 2 is 2.20 bits per heavy atom. The number of hydrogen-bond donors (Lipinski definition) is 0. The van der Waals surface area contributed by atoms with Gasteiger partial charge in [0.1, 0.15) is 11.7 Å². The van der Waals surface area contributed by atoms with Crippen LogP contribution in [0, 0.1) is 0 Å². The van der Waals surface area contributed by atoms with Gasteiger partial charge in [0.25, 0.3) is 0 Å². The molecule has 0 radical (unpaired) electrons. The molecule has 6 nitrogen and oxygen atoms in total. The predicted molar refractivity (Wildman–Crippen MR) is 74.7 cm³/mol. The molecule has 0 N–H and O–H groups in total. The van der Waals surface area contributed by atoms with Crippen LogP contribution in [0.3, 0.4) is 0 Å². The molecule has 6 heteroatoms. The molecule has 1 aliphatic rings. The van der Waals surface area contributed by atoms with Crippen molar-refractivity contribution >= 4 is 5.97 Å². The van der Waals surface area contributed by atoms with Crippen molar-refractivity contribution < 1.29 is 14.3 Å². The monoisotopic (exact) mass is 281 g/mol. The zero-order chi connectivity index (χ0) is 14.5. The van der Waals surface area contributed by atoms with Gasteiger partial charge in [-0.05, 0) is 13.3 Å². The van der Waals surface area contributed by atoms with E-state index in [0.29, 0.717) is 5.56 Å². The van der Waals surface area contributed by atoms with E-state index in [-0.39, 0.29) is 12.1 Å². The summed E-state index contributed by atoms with van der Waals surface area (Å²) in [6.07, 6.45) is 2.32. The van der Waals surface area contributed by atoms with Crippen molar-refractivity contribution in [3.05, 3.63) is 17.5 Å². The van der Waals surface area contributed by atoms with Crippen molar-refractivity contribution in [2.45, 2.75) is 26.4 Å². The van der Waals surface area contributed by atoms with Crippen LogP contribution in [-0.2, 0) is 22.9 Å². The number of rotatable bonds is 5. The van der Waals surface area contributed by atoms with E-state index in [9.17, 15) is 4.79 Å². The standard InChI is InChI=1S/C14H23N3O3/c1-4-13-12(10-16(3)15-13)14(18)20-11(2)9-17-5-7-19-8-6-17/h10-11H,4-9H2,1-3H3/t11-/m0/s1. The first-order valence-electron chi connectivity index (χ1n) is 7.13. The number of carbonyl (C=O) groups excluding carboxylic acids is 1. The summed E-state index contributed by atoms with van der Waals surface area (Å²) in [5.41, 5.74) is 1.36. The van der Waals surface area contributed by atoms with Crippen molar-refractivity contribution in [2.75, 3.05) is 32.8 Å². The van der Waals surface area contributed by atoms with Gasteiger partial charge >= 0.3 is 5.97 Å². The maximum absolute atomic E-state index is 12.2. The number of carbonyl (C=O) groups is 1. The van der Waals surface area contributed by atoms with Gasteiger partial charge in [-0.1, -0.05) is 6.92 Å². The molecular formula is C14H23N3O3. The smallest absolute Gasteiger partial charge is 0.341 e. The second-order valence-electron chi connectivity index (χ2n) is 5.15. The summed E-state index contributed by atoms with van der Waals surface area (Å²) in [4.78, 5) is 14.4. The molecule has 112 valence electrons. The summed E-state index contributed by atoms with van der Waals surface area (Å²) in [5.74, 6) is -0.282. The van der Waals surface area contributed by atoms with Crippen molar-refractivity contribution in [1.82, 2.24) is 14.7 Å². The summed E-state index contributed by atoms with van der Waals surface area (Å²) < 4.78 is 12.5. The van der Waals surface area contributed by atoms with E-state index < -0.39 is 0 Å². The number of morpholine rings is 1. The minimum atomic E-state index is -0.282. The van der Waals surface area contributed by atoms with E-state index in [1.807, 2.05) is 20.9 Å². The zero-order valence-corrected chi connectivity index (χ0v) is 12.5. The summed E-state index contributed by atoms with van der Waals surface area (Å²) in [6.45, 7) is 7.96. The van der Waals surface area contributed by atoms with Gasteiger partial charge in [-0.3, -0.25) is 9.58 Å². The topological polar surface area (TPSA) is 56.6 Å². The lowest BCUT2D eigenvalue weighted by Gasteiger charge is -2.28. The number of hydrogen-bond acceptors (Lipinski definition) is 5. The maximum atomic E-state index is 12.2. The molecule has 0 spiro atoms. The molecule has 1 aromatic heterocycles. The maximum Gasteiger partial charge on any atom is 0.341 e. The highest BCUT2D eigenvalue weighted by Gasteiger charge is 2.20. The Balaban J connectivity index is 1.89. The number of nitrogens with zero attached hydrogens (tertiary/aromatic N) is 3. The first-order chi connectivity index (χ1) is 9.60. The van der Waals surface area contributed by atoms with E-state index >= 15 is 0 Å². The lowest BCUT2D eigenvalue weighted by atomic mass is 10.2. The molecule has 2 heterocycles. The van der Waals surface area contributed by atoms with Gasteiger partial charge < -0.3 is 9.47 Å². The van der Waals surface area contributed by atoms with Gasteiger partial charge in [0.05, 0.1) is 18.9 Å². The zero-order valence-electron chi connectivity index (χ0n) is 12.5. The van der Waals surface area contributed by atoms with Crippen LogP contribution in [0.5, 0.6) is 0 Å². The highest BCUT2D eigenvalue weighted by Crippen LogP contribution is 2.11. The van der Waals surface area contributed by atoms with Gasteiger partial charge in [0.15, 0.2) is 0 Å². The summed E-state index contributed by atoms with van der Waals surface area (Å²) in [5, 5.41) is 4.26. The Morgan fingerprint density at radius 3 is 2.85 bits per heavy atom. The molecule has 0 aliphatic carbocycles. The van der Waals surface area contributed by atoms with Crippen LogP contribution < -0.4 is 0 Å². The fourth-order valence-corrected chi connectivity index (χ4v) is 2.40. The van der Waals surface area contributed by atoms with Crippen LogP contribution >= 0.6 is 0 Å². The van der Waals surface area contributed by atoms with Crippen LogP contribution in [0.25, 0.3) is 0 Å². The lowest BCUT2D eigenvalue weighted by Crippen LogP contribution is -2.41. The number of esters is 1. The van der Waals surface area contributed by atoms with Crippen LogP contribution in [0.15, 0.2) is 6.20 Å². The van der Waals surface area contributed by atoms with Gasteiger partial charge in [0, 0.05) is 32.9 Å². The number of aromatic nitrogens is 2. The van der Waals surface area contributed by atoms with E-state index in [2.05, 4.69) is 10.00 Å². The fourth-order valence-electron chi connectivity index (χ4n) is 2.40. The van der Waals surface area contributed by atoms with Crippen LogP contribution in [-0.4, -0.2) is 59.6 Å². The third-order valence-electron chi connectivity index (χ3n) is 3.39. The van der Waals surface area contributed by atoms with Crippen molar-refractivity contribution in [1.29, 1.82) is 0 Å². The first kappa shape index (κ1) is 15.0. The van der Waals surface area contributed by atoms with Crippen molar-refractivity contribution in [2.24, 2.45) is 7.05 Å². The summed E-state index contributed by atoms with van der Waals surface area (Å²) in [6, 6.07) is 0. The Labute approximate surface area is 119 Å². The molecule has 1 aromatic rings. The van der Waals surface area contributed by atoms with E-state index in [1.54, 1.807) is 10.9 Å². The molecule has 2 rings (SSSR count). The Kier molecular flexibility index (Phi) is 5.14. The second kappa shape index (κ2) is 6.85. The Bertz CT molecular complexity index is 453. The second-order valence-corrected chi connectivity index (χ2v) is 5.15. The molecule has 20 heavy (non-hydrogen) atoms.